The van der Waals surface area contributed by atoms with Gasteiger partial charge in [0.1, 0.15) is 6.54 Å². The molecule has 1 aliphatic heterocycles. The Morgan fingerprint density at radius 3 is 2.42 bits per heavy atom. The fourth-order valence-electron chi connectivity index (χ4n) is 3.69. The van der Waals surface area contributed by atoms with Crippen LogP contribution in [0.25, 0.3) is 0 Å². The molecule has 0 spiro atoms. The van der Waals surface area contributed by atoms with Gasteiger partial charge in [-0.15, -0.1) is 0 Å². The quantitative estimate of drug-likeness (QED) is 0.590. The topological polar surface area (TPSA) is 69.7 Å². The van der Waals surface area contributed by atoms with Crippen LogP contribution in [0, 0.1) is 0 Å². The van der Waals surface area contributed by atoms with E-state index < -0.39 is 39.9 Å². The monoisotopic (exact) mass is 503 g/mol. The number of hydrogen-bond donors (Lipinski definition) is 1. The third-order valence-electron chi connectivity index (χ3n) is 5.32. The van der Waals surface area contributed by atoms with Crippen LogP contribution in [0.15, 0.2) is 42.5 Å². The molecular formula is C22H25ClF3N3O3S. The van der Waals surface area contributed by atoms with Gasteiger partial charge in [-0.2, -0.15) is 13.2 Å². The van der Waals surface area contributed by atoms with Crippen molar-refractivity contribution in [3.8, 4) is 0 Å². The lowest BCUT2D eigenvalue weighted by Gasteiger charge is -2.24. The number of alkyl halides is 3. The summed E-state index contributed by atoms with van der Waals surface area (Å²) in [7, 11) is -4.09. The summed E-state index contributed by atoms with van der Waals surface area (Å²) < 4.78 is 64.4. The van der Waals surface area contributed by atoms with E-state index >= 15 is 0 Å². The Hall–Kier alpha value is -2.30. The highest BCUT2D eigenvalue weighted by molar-refractivity contribution is 7.92. The van der Waals surface area contributed by atoms with Crippen molar-refractivity contribution in [3.05, 3.63) is 64.2 Å². The van der Waals surface area contributed by atoms with E-state index in [2.05, 4.69) is 10.2 Å². The zero-order chi connectivity index (χ0) is 24.2. The summed E-state index contributed by atoms with van der Waals surface area (Å²) >= 11 is 5.98. The molecule has 0 radical (unpaired) electrons. The SMILES string of the molecule is CS(=O)(=O)N(CC(=O)NCc1cccc(CN2CCCC2)c1)c1cc(C(F)(F)F)ccc1Cl. The van der Waals surface area contributed by atoms with Crippen molar-refractivity contribution >= 4 is 33.2 Å². The molecular weight excluding hydrogens is 479 g/mol. The Kier molecular flexibility index (Phi) is 7.92. The minimum atomic E-state index is -4.69. The highest BCUT2D eigenvalue weighted by Crippen LogP contribution is 2.36. The minimum Gasteiger partial charge on any atom is -0.350 e. The van der Waals surface area contributed by atoms with Crippen LogP contribution < -0.4 is 9.62 Å². The number of likely N-dealkylation sites (tertiary alicyclic amines) is 1. The second-order valence-corrected chi connectivity index (χ2v) is 10.3. The van der Waals surface area contributed by atoms with E-state index in [-0.39, 0.29) is 11.6 Å². The van der Waals surface area contributed by atoms with Crippen LogP contribution >= 0.6 is 11.6 Å². The van der Waals surface area contributed by atoms with Gasteiger partial charge in [0, 0.05) is 13.1 Å². The Labute approximate surface area is 196 Å². The van der Waals surface area contributed by atoms with Gasteiger partial charge in [0.05, 0.1) is 22.5 Å². The first-order valence-electron chi connectivity index (χ1n) is 10.3. The van der Waals surface area contributed by atoms with Crippen LogP contribution in [0.4, 0.5) is 18.9 Å². The first-order chi connectivity index (χ1) is 15.4. The van der Waals surface area contributed by atoms with E-state index in [4.69, 9.17) is 11.6 Å². The van der Waals surface area contributed by atoms with Gasteiger partial charge in [0.25, 0.3) is 0 Å². The molecule has 0 atom stereocenters. The van der Waals surface area contributed by atoms with E-state index in [1.54, 1.807) is 0 Å². The third-order valence-corrected chi connectivity index (χ3v) is 6.76. The van der Waals surface area contributed by atoms with Crippen LogP contribution in [0.2, 0.25) is 5.02 Å². The van der Waals surface area contributed by atoms with Crippen molar-refractivity contribution in [2.45, 2.75) is 32.1 Å². The molecule has 2 aromatic carbocycles. The third kappa shape index (κ3) is 7.09. The zero-order valence-electron chi connectivity index (χ0n) is 18.0. The van der Waals surface area contributed by atoms with Crippen LogP contribution in [-0.4, -0.2) is 45.1 Å². The Morgan fingerprint density at radius 2 is 1.79 bits per heavy atom. The molecule has 1 amide bonds. The number of anilines is 1. The molecule has 1 aliphatic rings. The molecule has 0 unspecified atom stereocenters. The summed E-state index contributed by atoms with van der Waals surface area (Å²) in [6.45, 7) is 2.38. The second-order valence-electron chi connectivity index (χ2n) is 8.01. The van der Waals surface area contributed by atoms with Gasteiger partial charge in [0.2, 0.25) is 15.9 Å². The molecule has 0 aromatic heterocycles. The van der Waals surface area contributed by atoms with E-state index in [0.29, 0.717) is 10.4 Å². The number of carbonyl (C=O) groups is 1. The predicted octanol–water partition coefficient (Wildman–Crippen LogP) is 4.04. The lowest BCUT2D eigenvalue weighted by Crippen LogP contribution is -2.40. The summed E-state index contributed by atoms with van der Waals surface area (Å²) in [6.07, 6.45) is -1.52. The number of rotatable bonds is 8. The molecule has 0 bridgehead atoms. The molecule has 6 nitrogen and oxygen atoms in total. The van der Waals surface area contributed by atoms with Gasteiger partial charge in [0.15, 0.2) is 0 Å². The number of nitrogens with one attached hydrogen (secondary N) is 1. The minimum absolute atomic E-state index is 0.153. The smallest absolute Gasteiger partial charge is 0.350 e. The molecule has 180 valence electrons. The number of carbonyl (C=O) groups excluding carboxylic acids is 1. The van der Waals surface area contributed by atoms with E-state index in [1.807, 2.05) is 24.3 Å². The maximum absolute atomic E-state index is 13.1. The first-order valence-corrected chi connectivity index (χ1v) is 12.6. The normalized spacial score (nSPS) is 14.9. The Morgan fingerprint density at radius 1 is 1.12 bits per heavy atom. The van der Waals surface area contributed by atoms with Crippen molar-refractivity contribution in [2.75, 3.05) is 30.2 Å². The fourth-order valence-corrected chi connectivity index (χ4v) is 4.81. The van der Waals surface area contributed by atoms with Crippen molar-refractivity contribution in [2.24, 2.45) is 0 Å². The molecule has 11 heteroatoms. The van der Waals surface area contributed by atoms with E-state index in [9.17, 15) is 26.4 Å². The van der Waals surface area contributed by atoms with Crippen molar-refractivity contribution < 1.29 is 26.4 Å². The highest BCUT2D eigenvalue weighted by atomic mass is 35.5. The molecule has 2 aromatic rings. The van der Waals surface area contributed by atoms with Crippen molar-refractivity contribution in [1.29, 1.82) is 0 Å². The Bertz CT molecular complexity index is 1100. The van der Waals surface area contributed by atoms with Crippen molar-refractivity contribution in [3.63, 3.8) is 0 Å². The van der Waals surface area contributed by atoms with Crippen molar-refractivity contribution in [1.82, 2.24) is 10.2 Å². The number of sulfonamides is 1. The molecule has 0 saturated carbocycles. The molecule has 3 rings (SSSR count). The zero-order valence-corrected chi connectivity index (χ0v) is 19.6. The molecule has 33 heavy (non-hydrogen) atoms. The summed E-state index contributed by atoms with van der Waals surface area (Å²) in [5.74, 6) is -0.668. The number of benzene rings is 2. The number of nitrogens with zero attached hydrogens (tertiary/aromatic N) is 2. The van der Waals surface area contributed by atoms with Crippen LogP contribution in [0.3, 0.4) is 0 Å². The van der Waals surface area contributed by atoms with Crippen LogP contribution in [0.5, 0.6) is 0 Å². The first kappa shape index (κ1) is 25.3. The highest BCUT2D eigenvalue weighted by Gasteiger charge is 2.33. The number of hydrogen-bond acceptors (Lipinski definition) is 4. The fraction of sp³-hybridized carbons (Fsp3) is 0.409. The van der Waals surface area contributed by atoms with E-state index in [0.717, 1.165) is 49.1 Å². The molecule has 1 heterocycles. The largest absolute Gasteiger partial charge is 0.416 e. The lowest BCUT2D eigenvalue weighted by atomic mass is 10.1. The van der Waals surface area contributed by atoms with Gasteiger partial charge < -0.3 is 5.32 Å². The van der Waals surface area contributed by atoms with Gasteiger partial charge >= 0.3 is 6.18 Å². The average molecular weight is 504 g/mol. The predicted molar refractivity (Wildman–Crippen MR) is 121 cm³/mol. The Balaban J connectivity index is 1.70. The molecule has 1 fully saturated rings. The number of amides is 1. The molecule has 1 N–H and O–H groups in total. The van der Waals surface area contributed by atoms with Crippen LogP contribution in [0.1, 0.15) is 29.5 Å². The summed E-state index contributed by atoms with van der Waals surface area (Å²) in [5, 5.41) is 2.42. The number of halogens is 4. The maximum Gasteiger partial charge on any atom is 0.416 e. The van der Waals surface area contributed by atoms with Gasteiger partial charge in [-0.05, 0) is 55.3 Å². The lowest BCUT2D eigenvalue weighted by molar-refractivity contribution is -0.137. The average Bonchev–Trinajstić information content (AvgIpc) is 3.23. The standard InChI is InChI=1S/C22H25ClF3N3O3S/c1-33(31,32)29(20-12-18(22(24,25)26)7-8-19(20)23)15-21(30)27-13-16-5-4-6-17(11-16)14-28-9-2-3-10-28/h4-8,11-12H,2-3,9-10,13-15H2,1H3,(H,27,30). The van der Waals surface area contributed by atoms with Gasteiger partial charge in [-0.25, -0.2) is 8.42 Å². The molecule has 1 saturated heterocycles. The summed E-state index contributed by atoms with van der Waals surface area (Å²) in [4.78, 5) is 14.9. The van der Waals surface area contributed by atoms with Gasteiger partial charge in [-0.3, -0.25) is 14.0 Å². The summed E-state index contributed by atoms with van der Waals surface area (Å²) in [5.41, 5.74) is 0.475. The molecule has 0 aliphatic carbocycles. The second kappa shape index (κ2) is 10.3. The summed E-state index contributed by atoms with van der Waals surface area (Å²) in [6, 6.07) is 10.0. The van der Waals surface area contributed by atoms with Crippen LogP contribution in [-0.2, 0) is 34.1 Å². The maximum atomic E-state index is 13.1. The van der Waals surface area contributed by atoms with E-state index in [1.165, 1.54) is 12.8 Å². The van der Waals surface area contributed by atoms with Gasteiger partial charge in [-0.1, -0.05) is 35.9 Å².